The van der Waals surface area contributed by atoms with Gasteiger partial charge in [0.2, 0.25) is 0 Å². The topological polar surface area (TPSA) is 91.7 Å². The van der Waals surface area contributed by atoms with Crippen LogP contribution in [-0.2, 0) is 32.3 Å². The molecule has 0 bridgehead atoms. The summed E-state index contributed by atoms with van der Waals surface area (Å²) in [4.78, 5) is 24.7. The molecule has 0 saturated carbocycles. The summed E-state index contributed by atoms with van der Waals surface area (Å²) in [6, 6.07) is 3.55. The molecule has 2 aromatic heterocycles. The van der Waals surface area contributed by atoms with Crippen molar-refractivity contribution in [1.82, 2.24) is 19.2 Å². The Morgan fingerprint density at radius 1 is 1.28 bits per heavy atom. The number of carbonyl (C=O) groups is 2. The van der Waals surface area contributed by atoms with Crippen LogP contribution in [0.15, 0.2) is 22.8 Å². The van der Waals surface area contributed by atoms with Gasteiger partial charge < -0.3 is 13.9 Å². The highest BCUT2D eigenvalue weighted by atomic mass is 32.1. The number of methoxy groups -OCH3 is 2. The van der Waals surface area contributed by atoms with Gasteiger partial charge in [0.25, 0.3) is 0 Å². The van der Waals surface area contributed by atoms with Gasteiger partial charge in [-0.1, -0.05) is 0 Å². The Kier molecular flexibility index (Phi) is 6.48. The minimum absolute atomic E-state index is 0.0948. The fourth-order valence-electron chi connectivity index (χ4n) is 2.25. The van der Waals surface area contributed by atoms with Gasteiger partial charge in [-0.3, -0.25) is 19.1 Å². The summed E-state index contributed by atoms with van der Waals surface area (Å²) in [5.74, 6) is 0.209. The number of hydrogen-bond acceptors (Lipinski definition) is 8. The number of nitrogens with zero attached hydrogens (tertiary/aromatic N) is 4. The highest BCUT2D eigenvalue weighted by Gasteiger charge is 2.19. The third kappa shape index (κ3) is 4.54. The maximum Gasteiger partial charge on any atom is 0.319 e. The number of aromatic nitrogens is 3. The van der Waals surface area contributed by atoms with Gasteiger partial charge >= 0.3 is 11.9 Å². The minimum Gasteiger partial charge on any atom is -0.468 e. The normalized spacial score (nSPS) is 10.9. The van der Waals surface area contributed by atoms with E-state index in [1.165, 1.54) is 23.8 Å². The fourth-order valence-corrected chi connectivity index (χ4v) is 2.56. The lowest BCUT2D eigenvalue weighted by Crippen LogP contribution is -2.37. The molecular formula is C15H20N4O5S. The Labute approximate surface area is 149 Å². The Hall–Kier alpha value is -2.46. The zero-order chi connectivity index (χ0) is 18.4. The zero-order valence-electron chi connectivity index (χ0n) is 14.3. The van der Waals surface area contributed by atoms with Crippen LogP contribution in [0.4, 0.5) is 0 Å². The van der Waals surface area contributed by atoms with Crippen molar-refractivity contribution in [2.45, 2.75) is 20.1 Å². The predicted octanol–water partition coefficient (Wildman–Crippen LogP) is 1.30. The van der Waals surface area contributed by atoms with Crippen molar-refractivity contribution >= 4 is 24.2 Å². The summed E-state index contributed by atoms with van der Waals surface area (Å²) in [7, 11) is 2.57. The number of hydrogen-bond donors (Lipinski definition) is 0. The molecule has 2 aromatic rings. The van der Waals surface area contributed by atoms with E-state index in [-0.39, 0.29) is 19.8 Å². The number of carbonyl (C=O) groups excluding carboxylic acids is 2. The van der Waals surface area contributed by atoms with E-state index in [9.17, 15) is 9.59 Å². The summed E-state index contributed by atoms with van der Waals surface area (Å²) in [6.45, 7) is 2.48. The van der Waals surface area contributed by atoms with Gasteiger partial charge in [-0.2, -0.15) is 0 Å². The van der Waals surface area contributed by atoms with Gasteiger partial charge in [0.15, 0.2) is 16.4 Å². The van der Waals surface area contributed by atoms with E-state index < -0.39 is 11.9 Å². The average Bonchev–Trinajstić information content (AvgIpc) is 3.23. The second kappa shape index (κ2) is 8.58. The van der Waals surface area contributed by atoms with Crippen molar-refractivity contribution in [2.24, 2.45) is 0 Å². The van der Waals surface area contributed by atoms with Crippen molar-refractivity contribution in [3.8, 4) is 11.6 Å². The van der Waals surface area contributed by atoms with E-state index in [0.717, 1.165) is 0 Å². The molecule has 10 heteroatoms. The molecule has 2 rings (SSSR count). The SMILES string of the molecule is CCn1c(-c2ccco2)nn(CN(CC(=O)OC)CC(=O)OC)c1=S. The summed E-state index contributed by atoms with van der Waals surface area (Å²) >= 11 is 5.45. The Bertz CT molecular complexity index is 762. The Morgan fingerprint density at radius 3 is 2.40 bits per heavy atom. The largest absolute Gasteiger partial charge is 0.468 e. The van der Waals surface area contributed by atoms with Gasteiger partial charge in [0.05, 0.1) is 40.2 Å². The molecule has 0 spiro atoms. The van der Waals surface area contributed by atoms with Crippen LogP contribution in [0.25, 0.3) is 11.6 Å². The van der Waals surface area contributed by atoms with Crippen LogP contribution in [0.2, 0.25) is 0 Å². The number of esters is 2. The Balaban J connectivity index is 2.30. The highest BCUT2D eigenvalue weighted by Crippen LogP contribution is 2.19. The van der Waals surface area contributed by atoms with Crippen molar-refractivity contribution < 1.29 is 23.5 Å². The van der Waals surface area contributed by atoms with E-state index >= 15 is 0 Å². The van der Waals surface area contributed by atoms with E-state index in [2.05, 4.69) is 14.6 Å². The van der Waals surface area contributed by atoms with Crippen molar-refractivity contribution in [3.63, 3.8) is 0 Å². The molecule has 25 heavy (non-hydrogen) atoms. The van der Waals surface area contributed by atoms with Crippen molar-refractivity contribution in [1.29, 1.82) is 0 Å². The maximum absolute atomic E-state index is 11.6. The van der Waals surface area contributed by atoms with Crippen molar-refractivity contribution in [2.75, 3.05) is 27.3 Å². The molecule has 0 N–H and O–H groups in total. The van der Waals surface area contributed by atoms with Gasteiger partial charge in [-0.05, 0) is 31.3 Å². The quantitative estimate of drug-likeness (QED) is 0.509. The molecule has 0 radical (unpaired) electrons. The third-order valence-electron chi connectivity index (χ3n) is 3.48. The molecule has 136 valence electrons. The fraction of sp³-hybridized carbons (Fsp3) is 0.467. The van der Waals surface area contributed by atoms with Gasteiger partial charge in [0.1, 0.15) is 0 Å². The standard InChI is InChI=1S/C15H20N4O5S/c1-4-18-14(11-6-5-7-24-11)16-19(15(18)25)10-17(8-12(20)22-2)9-13(21)23-3/h5-7H,4,8-10H2,1-3H3. The monoisotopic (exact) mass is 368 g/mol. The van der Waals surface area contributed by atoms with Crippen LogP contribution < -0.4 is 0 Å². The number of furan rings is 1. The minimum atomic E-state index is -0.475. The van der Waals surface area contributed by atoms with E-state index in [4.69, 9.17) is 16.6 Å². The molecule has 0 amide bonds. The first-order valence-electron chi connectivity index (χ1n) is 7.57. The zero-order valence-corrected chi connectivity index (χ0v) is 15.1. The lowest BCUT2D eigenvalue weighted by molar-refractivity contribution is -0.146. The molecule has 0 unspecified atom stereocenters. The third-order valence-corrected chi connectivity index (χ3v) is 3.91. The molecule has 0 saturated heterocycles. The van der Waals surface area contributed by atoms with Crippen LogP contribution in [0.5, 0.6) is 0 Å². The molecule has 0 aromatic carbocycles. The van der Waals surface area contributed by atoms with Crippen LogP contribution in [0.1, 0.15) is 6.92 Å². The number of ether oxygens (including phenoxy) is 2. The van der Waals surface area contributed by atoms with Crippen LogP contribution in [-0.4, -0.2) is 58.5 Å². The van der Waals surface area contributed by atoms with Crippen molar-refractivity contribution in [3.05, 3.63) is 23.2 Å². The first kappa shape index (κ1) is 18.9. The van der Waals surface area contributed by atoms with E-state index in [1.54, 1.807) is 18.4 Å². The van der Waals surface area contributed by atoms with E-state index in [0.29, 0.717) is 22.9 Å². The van der Waals surface area contributed by atoms with E-state index in [1.807, 2.05) is 11.5 Å². The predicted molar refractivity (Wildman–Crippen MR) is 90.0 cm³/mol. The van der Waals surface area contributed by atoms with Crippen LogP contribution >= 0.6 is 12.2 Å². The van der Waals surface area contributed by atoms with Gasteiger partial charge in [-0.25, -0.2) is 4.68 Å². The molecule has 0 fully saturated rings. The summed E-state index contributed by atoms with van der Waals surface area (Å²) < 4.78 is 18.5. The smallest absolute Gasteiger partial charge is 0.319 e. The lowest BCUT2D eigenvalue weighted by Gasteiger charge is -2.19. The van der Waals surface area contributed by atoms with Gasteiger partial charge in [0, 0.05) is 6.54 Å². The first-order valence-corrected chi connectivity index (χ1v) is 7.98. The highest BCUT2D eigenvalue weighted by molar-refractivity contribution is 7.71. The lowest BCUT2D eigenvalue weighted by atomic mass is 10.4. The van der Waals surface area contributed by atoms with Crippen LogP contribution in [0, 0.1) is 4.77 Å². The number of rotatable bonds is 8. The Morgan fingerprint density at radius 2 is 1.92 bits per heavy atom. The first-order chi connectivity index (χ1) is 12.0. The molecule has 0 aliphatic carbocycles. The molecule has 0 atom stereocenters. The molecule has 9 nitrogen and oxygen atoms in total. The molecule has 2 heterocycles. The molecule has 0 aliphatic heterocycles. The molecule has 0 aliphatic rings. The summed E-state index contributed by atoms with van der Waals surface area (Å²) in [5, 5.41) is 4.46. The average molecular weight is 368 g/mol. The van der Waals surface area contributed by atoms with Gasteiger partial charge in [-0.15, -0.1) is 5.10 Å². The summed E-state index contributed by atoms with van der Waals surface area (Å²) in [6.07, 6.45) is 1.55. The second-order valence-electron chi connectivity index (χ2n) is 5.11. The second-order valence-corrected chi connectivity index (χ2v) is 5.47. The summed E-state index contributed by atoms with van der Waals surface area (Å²) in [5.41, 5.74) is 0. The molecular weight excluding hydrogens is 348 g/mol. The maximum atomic E-state index is 11.6. The van der Waals surface area contributed by atoms with Crippen LogP contribution in [0.3, 0.4) is 0 Å².